The number of hydrogen-bond donors (Lipinski definition) is 1. The van der Waals surface area contributed by atoms with E-state index in [0.29, 0.717) is 19.6 Å². The Bertz CT molecular complexity index is 952. The number of hydrogen-bond acceptors (Lipinski definition) is 5. The molecule has 0 saturated carbocycles. The number of amides is 1. The van der Waals surface area contributed by atoms with E-state index in [1.807, 2.05) is 39.1 Å². The Kier molecular flexibility index (Phi) is 4.67. The lowest BCUT2D eigenvalue weighted by Crippen LogP contribution is -2.38. The molecule has 1 aliphatic heterocycles. The van der Waals surface area contributed by atoms with Gasteiger partial charge < -0.3 is 14.8 Å². The van der Waals surface area contributed by atoms with Crippen LogP contribution in [0.2, 0.25) is 0 Å². The smallest absolute Gasteiger partial charge is 0.408 e. The van der Waals surface area contributed by atoms with E-state index in [1.54, 1.807) is 6.20 Å². The molecule has 2 aromatic rings. The molecule has 2 heterocycles. The molecule has 1 N–H and O–H groups in total. The van der Waals surface area contributed by atoms with Crippen molar-refractivity contribution >= 4 is 11.9 Å². The number of nitrogens with zero attached hydrogens (tertiary/aromatic N) is 1. The molecule has 0 spiro atoms. The predicted octanol–water partition coefficient (Wildman–Crippen LogP) is 4.22. The van der Waals surface area contributed by atoms with E-state index in [9.17, 15) is 9.59 Å². The maximum Gasteiger partial charge on any atom is 0.408 e. The zero-order valence-corrected chi connectivity index (χ0v) is 16.4. The van der Waals surface area contributed by atoms with Crippen molar-refractivity contribution in [3.05, 3.63) is 52.8 Å². The normalized spacial score (nSPS) is 18.4. The van der Waals surface area contributed by atoms with E-state index < -0.39 is 11.7 Å². The second-order valence-electron chi connectivity index (χ2n) is 8.26. The molecule has 0 fully saturated rings. The van der Waals surface area contributed by atoms with Crippen LogP contribution in [0.1, 0.15) is 61.7 Å². The fourth-order valence-electron chi connectivity index (χ4n) is 3.77. The molecule has 28 heavy (non-hydrogen) atoms. The van der Waals surface area contributed by atoms with E-state index in [2.05, 4.69) is 16.4 Å². The van der Waals surface area contributed by atoms with Gasteiger partial charge in [-0.25, -0.2) is 4.79 Å². The van der Waals surface area contributed by atoms with Crippen molar-refractivity contribution < 1.29 is 20.5 Å². The minimum Gasteiger partial charge on any atom is -0.444 e. The van der Waals surface area contributed by atoms with Crippen LogP contribution >= 0.6 is 0 Å². The number of carbonyl (C=O) groups is 2. The summed E-state index contributed by atoms with van der Waals surface area (Å²) in [4.78, 5) is 28.5. The zero-order valence-electron chi connectivity index (χ0n) is 16.4. The average Bonchev–Trinajstić information content (AvgIpc) is 3.00. The topological polar surface area (TPSA) is 77.5 Å². The summed E-state index contributed by atoms with van der Waals surface area (Å²) in [6, 6.07) is 5.62. The molecule has 148 valence electrons. The van der Waals surface area contributed by atoms with E-state index in [-0.39, 0.29) is 13.3 Å². The molecule has 1 amide bonds. The molecular weight excluding hydrogens is 356 g/mol. The first-order chi connectivity index (χ1) is 13.3. The Morgan fingerprint density at radius 3 is 2.86 bits per heavy atom. The molecule has 1 aromatic carbocycles. The summed E-state index contributed by atoms with van der Waals surface area (Å²) in [6.45, 7) is 6.31. The number of nitrogens with one attached hydrogen (secondary N) is 1. The van der Waals surface area contributed by atoms with Gasteiger partial charge >= 0.3 is 6.09 Å². The largest absolute Gasteiger partial charge is 0.444 e. The van der Waals surface area contributed by atoms with E-state index in [1.165, 1.54) is 0 Å². The number of fused-ring (bicyclic) bond motifs is 2. The van der Waals surface area contributed by atoms with Crippen molar-refractivity contribution in [1.82, 2.24) is 10.3 Å². The quantitative estimate of drug-likeness (QED) is 0.841. The number of rotatable bonds is 2. The van der Waals surface area contributed by atoms with E-state index >= 15 is 0 Å². The first-order valence-electron chi connectivity index (χ1n) is 9.52. The maximum absolute atomic E-state index is 12.2. The summed E-state index contributed by atoms with van der Waals surface area (Å²) >= 11 is 0. The molecule has 6 nitrogen and oxygen atoms in total. The van der Waals surface area contributed by atoms with Gasteiger partial charge in [-0.3, -0.25) is 9.78 Å². The third-order valence-corrected chi connectivity index (χ3v) is 5.03. The van der Waals surface area contributed by atoms with Gasteiger partial charge in [-0.2, -0.15) is 0 Å². The molecule has 0 bridgehead atoms. The number of aryl methyl sites for hydroxylation is 1. The molecule has 1 atom stereocenters. The standard InChI is InChI=1S/C22H24N2O4.H2/c1-22(2,3)28-21(26)24-19-12-27-11-18-16(9-23-10-17(18)19)14-4-6-15-13(8-14)5-7-20(15)25;/h4,6,8-10,19H,5,7,11-12H2,1-3H3,(H,24,26);1H. The van der Waals surface area contributed by atoms with Crippen LogP contribution in [0.15, 0.2) is 30.6 Å². The summed E-state index contributed by atoms with van der Waals surface area (Å²) in [5.74, 6) is 0.208. The summed E-state index contributed by atoms with van der Waals surface area (Å²) in [6.07, 6.45) is 4.48. The summed E-state index contributed by atoms with van der Waals surface area (Å²) in [5.41, 5.74) is 5.26. The highest BCUT2D eigenvalue weighted by molar-refractivity contribution is 6.01. The lowest BCUT2D eigenvalue weighted by atomic mass is 9.92. The fourth-order valence-corrected chi connectivity index (χ4v) is 3.77. The van der Waals surface area contributed by atoms with Crippen LogP contribution in [0, 0.1) is 0 Å². The summed E-state index contributed by atoms with van der Waals surface area (Å²) in [5, 5.41) is 2.89. The first-order valence-corrected chi connectivity index (χ1v) is 9.52. The predicted molar refractivity (Wildman–Crippen MR) is 106 cm³/mol. The fraction of sp³-hybridized carbons (Fsp3) is 0.409. The molecule has 0 radical (unpaired) electrons. The highest BCUT2D eigenvalue weighted by Gasteiger charge is 2.28. The van der Waals surface area contributed by atoms with Gasteiger partial charge in [0.25, 0.3) is 0 Å². The molecular formula is C22H26N2O4. The Morgan fingerprint density at radius 1 is 1.25 bits per heavy atom. The minimum atomic E-state index is -0.565. The number of ketones is 1. The second-order valence-corrected chi connectivity index (χ2v) is 8.26. The molecule has 0 saturated heterocycles. The lowest BCUT2D eigenvalue weighted by Gasteiger charge is -2.29. The summed E-state index contributed by atoms with van der Waals surface area (Å²) in [7, 11) is 0. The molecule has 4 rings (SSSR count). The van der Waals surface area contributed by atoms with Gasteiger partial charge in [0.15, 0.2) is 5.78 Å². The van der Waals surface area contributed by atoms with Gasteiger partial charge in [0, 0.05) is 36.9 Å². The van der Waals surface area contributed by atoms with Crippen LogP contribution in [0.25, 0.3) is 11.1 Å². The molecule has 6 heteroatoms. The van der Waals surface area contributed by atoms with E-state index in [4.69, 9.17) is 9.47 Å². The molecule has 1 aliphatic carbocycles. The second kappa shape index (κ2) is 7.02. The van der Waals surface area contributed by atoms with Crippen LogP contribution < -0.4 is 5.32 Å². The number of alkyl carbamates (subject to hydrolysis) is 1. The minimum absolute atomic E-state index is 0. The van der Waals surface area contributed by atoms with Crippen molar-refractivity contribution in [1.29, 1.82) is 0 Å². The van der Waals surface area contributed by atoms with Gasteiger partial charge in [-0.1, -0.05) is 18.2 Å². The Labute approximate surface area is 165 Å². The highest BCUT2D eigenvalue weighted by atomic mass is 16.6. The Balaban J connectivity index is 0.00000240. The Morgan fingerprint density at radius 2 is 2.07 bits per heavy atom. The van der Waals surface area contributed by atoms with Crippen LogP contribution in [-0.2, 0) is 22.5 Å². The molecule has 1 aromatic heterocycles. The van der Waals surface area contributed by atoms with Crippen molar-refractivity contribution in [2.75, 3.05) is 6.61 Å². The van der Waals surface area contributed by atoms with Crippen molar-refractivity contribution in [2.45, 2.75) is 51.9 Å². The SMILES string of the molecule is CC(C)(C)OC(=O)NC1COCc2c(-c3ccc4c(c3)CCC4=O)cncc21.[HH]. The van der Waals surface area contributed by atoms with Gasteiger partial charge in [0.05, 0.1) is 19.3 Å². The lowest BCUT2D eigenvalue weighted by molar-refractivity contribution is 0.0390. The molecule has 1 unspecified atom stereocenters. The maximum atomic E-state index is 12.2. The van der Waals surface area contributed by atoms with Crippen LogP contribution in [0.3, 0.4) is 0 Å². The highest BCUT2D eigenvalue weighted by Crippen LogP contribution is 2.35. The summed E-state index contributed by atoms with van der Waals surface area (Å²) < 4.78 is 11.1. The van der Waals surface area contributed by atoms with Crippen molar-refractivity contribution in [3.63, 3.8) is 0 Å². The van der Waals surface area contributed by atoms with Crippen LogP contribution in [0.4, 0.5) is 4.79 Å². The van der Waals surface area contributed by atoms with Crippen LogP contribution in [-0.4, -0.2) is 29.1 Å². The van der Waals surface area contributed by atoms with Crippen molar-refractivity contribution in [2.24, 2.45) is 0 Å². The number of aromatic nitrogens is 1. The molecule has 2 aliphatic rings. The number of ether oxygens (including phenoxy) is 2. The first kappa shape index (κ1) is 18.6. The van der Waals surface area contributed by atoms with Gasteiger partial charge in [-0.05, 0) is 43.9 Å². The zero-order chi connectivity index (χ0) is 19.9. The van der Waals surface area contributed by atoms with Gasteiger partial charge in [0.2, 0.25) is 0 Å². The Hall–Kier alpha value is -2.73. The number of Topliss-reactive ketones (excluding diaryl/α,β-unsaturated/α-hetero) is 1. The number of benzene rings is 1. The number of carbonyl (C=O) groups excluding carboxylic acids is 2. The van der Waals surface area contributed by atoms with E-state index in [0.717, 1.165) is 39.8 Å². The average molecular weight is 382 g/mol. The third kappa shape index (κ3) is 3.64. The van der Waals surface area contributed by atoms with Crippen LogP contribution in [0.5, 0.6) is 0 Å². The third-order valence-electron chi connectivity index (χ3n) is 5.03. The van der Waals surface area contributed by atoms with Gasteiger partial charge in [-0.15, -0.1) is 0 Å². The van der Waals surface area contributed by atoms with Gasteiger partial charge in [0.1, 0.15) is 5.60 Å². The van der Waals surface area contributed by atoms with Crippen molar-refractivity contribution in [3.8, 4) is 11.1 Å². The number of pyridine rings is 1. The monoisotopic (exact) mass is 382 g/mol.